The van der Waals surface area contributed by atoms with Gasteiger partial charge >= 0.3 is 0 Å². The predicted octanol–water partition coefficient (Wildman–Crippen LogP) is 2.91. The largest absolute Gasteiger partial charge is 0.464 e. The number of nitrogens with zero attached hydrogens (tertiary/aromatic N) is 1. The molecule has 6 heteroatoms. The van der Waals surface area contributed by atoms with Gasteiger partial charge in [-0.2, -0.15) is 0 Å². The zero-order valence-corrected chi connectivity index (χ0v) is 14.3. The van der Waals surface area contributed by atoms with Crippen LogP contribution in [0, 0.1) is 5.92 Å². The van der Waals surface area contributed by atoms with Crippen LogP contribution in [-0.2, 0) is 9.53 Å². The lowest BCUT2D eigenvalue weighted by Crippen LogP contribution is -2.40. The van der Waals surface area contributed by atoms with E-state index in [0.717, 1.165) is 12.2 Å². The maximum absolute atomic E-state index is 13.1. The van der Waals surface area contributed by atoms with Crippen LogP contribution in [0.2, 0.25) is 0 Å². The Morgan fingerprint density at radius 1 is 1.23 bits per heavy atom. The monoisotopic (exact) mass is 352 g/mol. The molecule has 2 amide bonds. The minimum atomic E-state index is -0.467. The lowest BCUT2D eigenvalue weighted by atomic mass is 10.1. The lowest BCUT2D eigenvalue weighted by molar-refractivity contribution is -0.119. The molecular formula is C20H20N2O4. The smallest absolute Gasteiger partial charge is 0.256 e. The summed E-state index contributed by atoms with van der Waals surface area (Å²) >= 11 is 0. The Balaban J connectivity index is 1.43. The third kappa shape index (κ3) is 2.70. The molecule has 0 spiro atoms. The molecule has 2 aliphatic heterocycles. The van der Waals surface area contributed by atoms with E-state index in [-0.39, 0.29) is 17.9 Å². The van der Waals surface area contributed by atoms with Gasteiger partial charge in [-0.1, -0.05) is 0 Å². The fraction of sp³-hybridized carbons (Fsp3) is 0.400. The zero-order chi connectivity index (χ0) is 17.7. The van der Waals surface area contributed by atoms with E-state index in [4.69, 9.17) is 9.15 Å². The van der Waals surface area contributed by atoms with Crippen LogP contribution >= 0.6 is 0 Å². The first kappa shape index (κ1) is 15.6. The van der Waals surface area contributed by atoms with Gasteiger partial charge in [0.15, 0.2) is 0 Å². The average molecular weight is 352 g/mol. The standard InChI is InChI=1S/C20H20N2O4/c23-19-17-9-14(26-11-12-3-4-12)10-22(17)20(24)15-8-13(5-6-16(15)21-19)18-2-1-7-25-18/h1-2,5-8,12,14,17H,3-4,9-11H2,(H,21,23). The van der Waals surface area contributed by atoms with Crippen LogP contribution in [0.15, 0.2) is 41.0 Å². The second-order valence-electron chi connectivity index (χ2n) is 7.33. The molecule has 3 heterocycles. The first-order valence-electron chi connectivity index (χ1n) is 9.10. The second-order valence-corrected chi connectivity index (χ2v) is 7.33. The first-order valence-corrected chi connectivity index (χ1v) is 9.10. The summed E-state index contributed by atoms with van der Waals surface area (Å²) in [5, 5.41) is 2.91. The number of ether oxygens (including phenoxy) is 1. The third-order valence-corrected chi connectivity index (χ3v) is 5.40. The van der Waals surface area contributed by atoms with Crippen molar-refractivity contribution in [2.45, 2.75) is 31.4 Å². The molecule has 1 saturated heterocycles. The minimum absolute atomic E-state index is 0.0647. The van der Waals surface area contributed by atoms with E-state index in [0.29, 0.717) is 35.9 Å². The Hall–Kier alpha value is -2.60. The molecule has 1 aromatic heterocycles. The van der Waals surface area contributed by atoms with Crippen LogP contribution < -0.4 is 5.32 Å². The predicted molar refractivity (Wildman–Crippen MR) is 94.7 cm³/mol. The molecule has 3 aliphatic rings. The molecule has 1 saturated carbocycles. The number of carbonyl (C=O) groups is 2. The second kappa shape index (κ2) is 5.99. The highest BCUT2D eigenvalue weighted by Crippen LogP contribution is 2.34. The number of nitrogens with one attached hydrogen (secondary N) is 1. The number of amides is 2. The summed E-state index contributed by atoms with van der Waals surface area (Å²) in [4.78, 5) is 27.4. The summed E-state index contributed by atoms with van der Waals surface area (Å²) in [5.74, 6) is 1.09. The van der Waals surface area contributed by atoms with E-state index in [2.05, 4.69) is 5.32 Å². The van der Waals surface area contributed by atoms with Gasteiger partial charge in [-0.25, -0.2) is 0 Å². The highest BCUT2D eigenvalue weighted by atomic mass is 16.5. The number of hydrogen-bond acceptors (Lipinski definition) is 4. The van der Waals surface area contributed by atoms with Crippen molar-refractivity contribution < 1.29 is 18.7 Å². The molecule has 5 rings (SSSR count). The Morgan fingerprint density at radius 2 is 2.12 bits per heavy atom. The van der Waals surface area contributed by atoms with Gasteiger partial charge in [0.1, 0.15) is 11.8 Å². The maximum Gasteiger partial charge on any atom is 0.256 e. The van der Waals surface area contributed by atoms with Crippen molar-refractivity contribution in [2.24, 2.45) is 5.92 Å². The van der Waals surface area contributed by atoms with Gasteiger partial charge in [-0.15, -0.1) is 0 Å². The molecule has 2 unspecified atom stereocenters. The van der Waals surface area contributed by atoms with E-state index in [9.17, 15) is 9.59 Å². The van der Waals surface area contributed by atoms with Crippen LogP contribution in [0.4, 0.5) is 5.69 Å². The Kier molecular flexibility index (Phi) is 3.60. The molecule has 0 radical (unpaired) electrons. The van der Waals surface area contributed by atoms with Crippen molar-refractivity contribution in [3.8, 4) is 11.3 Å². The Bertz CT molecular complexity index is 857. The number of anilines is 1. The van der Waals surface area contributed by atoms with Crippen LogP contribution in [-0.4, -0.2) is 42.0 Å². The highest BCUT2D eigenvalue weighted by Gasteiger charge is 2.43. The molecule has 1 N–H and O–H groups in total. The summed E-state index contributed by atoms with van der Waals surface area (Å²) in [6.45, 7) is 1.20. The number of rotatable bonds is 4. The van der Waals surface area contributed by atoms with Crippen molar-refractivity contribution >= 4 is 17.5 Å². The summed E-state index contributed by atoms with van der Waals surface area (Å²) in [5.41, 5.74) is 1.87. The van der Waals surface area contributed by atoms with E-state index in [1.165, 1.54) is 12.8 Å². The Labute approximate surface area is 151 Å². The van der Waals surface area contributed by atoms with Gasteiger partial charge in [0.25, 0.3) is 5.91 Å². The van der Waals surface area contributed by atoms with Gasteiger partial charge in [-0.3, -0.25) is 9.59 Å². The summed E-state index contributed by atoms with van der Waals surface area (Å²) in [7, 11) is 0. The summed E-state index contributed by atoms with van der Waals surface area (Å²) in [6, 6.07) is 8.60. The molecule has 2 fully saturated rings. The van der Waals surface area contributed by atoms with Crippen molar-refractivity contribution in [1.82, 2.24) is 4.90 Å². The van der Waals surface area contributed by atoms with Gasteiger partial charge in [0, 0.05) is 25.1 Å². The number of benzene rings is 1. The summed E-state index contributed by atoms with van der Waals surface area (Å²) < 4.78 is 11.4. The minimum Gasteiger partial charge on any atom is -0.464 e. The molecule has 6 nitrogen and oxygen atoms in total. The van der Waals surface area contributed by atoms with Gasteiger partial charge in [0.05, 0.1) is 23.6 Å². The van der Waals surface area contributed by atoms with Crippen molar-refractivity contribution in [3.05, 3.63) is 42.2 Å². The molecule has 0 bridgehead atoms. The third-order valence-electron chi connectivity index (χ3n) is 5.40. The quantitative estimate of drug-likeness (QED) is 0.918. The number of carbonyl (C=O) groups excluding carboxylic acids is 2. The molecule has 26 heavy (non-hydrogen) atoms. The fourth-order valence-electron chi connectivity index (χ4n) is 3.74. The Morgan fingerprint density at radius 3 is 2.88 bits per heavy atom. The van der Waals surface area contributed by atoms with Crippen LogP contribution in [0.5, 0.6) is 0 Å². The van der Waals surface area contributed by atoms with E-state index in [1.54, 1.807) is 23.3 Å². The van der Waals surface area contributed by atoms with Crippen LogP contribution in [0.1, 0.15) is 29.6 Å². The molecule has 1 aliphatic carbocycles. The topological polar surface area (TPSA) is 71.8 Å². The lowest BCUT2D eigenvalue weighted by Gasteiger charge is -2.20. The molecule has 134 valence electrons. The molecule has 2 aromatic rings. The first-order chi connectivity index (χ1) is 12.7. The number of hydrogen-bond donors (Lipinski definition) is 1. The summed E-state index contributed by atoms with van der Waals surface area (Å²) in [6.07, 6.45) is 4.54. The molecule has 1 aromatic carbocycles. The number of furan rings is 1. The van der Waals surface area contributed by atoms with Crippen molar-refractivity contribution in [1.29, 1.82) is 0 Å². The zero-order valence-electron chi connectivity index (χ0n) is 14.3. The fourth-order valence-corrected chi connectivity index (χ4v) is 3.74. The van der Waals surface area contributed by atoms with Crippen molar-refractivity contribution in [2.75, 3.05) is 18.5 Å². The normalized spacial score (nSPS) is 24.8. The van der Waals surface area contributed by atoms with Crippen LogP contribution in [0.25, 0.3) is 11.3 Å². The molecule has 2 atom stereocenters. The van der Waals surface area contributed by atoms with Crippen LogP contribution in [0.3, 0.4) is 0 Å². The van der Waals surface area contributed by atoms with Gasteiger partial charge in [0.2, 0.25) is 5.91 Å². The van der Waals surface area contributed by atoms with E-state index >= 15 is 0 Å². The average Bonchev–Trinajstić information content (AvgIpc) is 3.17. The number of fused-ring (bicyclic) bond motifs is 2. The van der Waals surface area contributed by atoms with Gasteiger partial charge in [-0.05, 0) is 49.1 Å². The van der Waals surface area contributed by atoms with E-state index < -0.39 is 6.04 Å². The van der Waals surface area contributed by atoms with Gasteiger partial charge < -0.3 is 19.4 Å². The molecular weight excluding hydrogens is 332 g/mol. The highest BCUT2D eigenvalue weighted by molar-refractivity contribution is 6.10. The van der Waals surface area contributed by atoms with E-state index in [1.807, 2.05) is 18.2 Å². The SMILES string of the molecule is O=C1Nc2ccc(-c3ccco3)cc2C(=O)N2CC(OCC3CC3)CC12. The van der Waals surface area contributed by atoms with Crippen molar-refractivity contribution in [3.63, 3.8) is 0 Å². The maximum atomic E-state index is 13.1.